The Morgan fingerprint density at radius 3 is 2.31 bits per heavy atom. The number of aromatic nitrogens is 2. The largest absolute Gasteiger partial charge is 0.444 e. The van der Waals surface area contributed by atoms with Crippen LogP contribution in [0.15, 0.2) is 30.5 Å². The van der Waals surface area contributed by atoms with Crippen molar-refractivity contribution >= 4 is 35.0 Å². The monoisotopic (exact) mass is 579 g/mol. The molecule has 2 amide bonds. The summed E-state index contributed by atoms with van der Waals surface area (Å²) in [6.07, 6.45) is 4.22. The summed E-state index contributed by atoms with van der Waals surface area (Å²) in [5.41, 5.74) is 7.17. The van der Waals surface area contributed by atoms with Gasteiger partial charge in [-0.3, -0.25) is 9.69 Å². The van der Waals surface area contributed by atoms with Gasteiger partial charge in [0.15, 0.2) is 17.3 Å². The third-order valence-corrected chi connectivity index (χ3v) is 8.21. The van der Waals surface area contributed by atoms with Crippen LogP contribution in [0.1, 0.15) is 50.5 Å². The molecule has 228 valence electrons. The smallest absolute Gasteiger partial charge is 0.410 e. The van der Waals surface area contributed by atoms with Gasteiger partial charge >= 0.3 is 6.09 Å². The number of amides is 2. The van der Waals surface area contributed by atoms with Crippen molar-refractivity contribution in [3.63, 3.8) is 0 Å². The molecule has 3 aliphatic rings. The van der Waals surface area contributed by atoms with Gasteiger partial charge in [-0.15, -0.1) is 0 Å². The fourth-order valence-corrected chi connectivity index (χ4v) is 5.87. The molecule has 1 aromatic carbocycles. The summed E-state index contributed by atoms with van der Waals surface area (Å²) in [7, 11) is 2.20. The minimum Gasteiger partial charge on any atom is -0.444 e. The van der Waals surface area contributed by atoms with Crippen LogP contribution in [-0.4, -0.2) is 114 Å². The van der Waals surface area contributed by atoms with Crippen LogP contribution in [0.25, 0.3) is 0 Å². The van der Waals surface area contributed by atoms with Gasteiger partial charge in [0.05, 0.1) is 6.20 Å². The van der Waals surface area contributed by atoms with Crippen LogP contribution in [-0.2, 0) is 4.74 Å². The predicted molar refractivity (Wildman–Crippen MR) is 164 cm³/mol. The van der Waals surface area contributed by atoms with Crippen molar-refractivity contribution in [1.29, 1.82) is 0 Å². The molecule has 0 bridgehead atoms. The average Bonchev–Trinajstić information content (AvgIpc) is 3.42. The first-order valence-electron chi connectivity index (χ1n) is 15.0. The van der Waals surface area contributed by atoms with Crippen LogP contribution >= 0.6 is 0 Å². The Morgan fingerprint density at radius 1 is 0.976 bits per heavy atom. The Kier molecular flexibility index (Phi) is 9.02. The molecule has 4 N–H and O–H groups in total. The molecule has 42 heavy (non-hydrogen) atoms. The van der Waals surface area contributed by atoms with Crippen molar-refractivity contribution < 1.29 is 14.3 Å². The number of hydrogen-bond donors (Lipinski definition) is 3. The number of primary amides is 1. The van der Waals surface area contributed by atoms with E-state index in [-0.39, 0.29) is 17.8 Å². The molecule has 4 heterocycles. The average molecular weight is 580 g/mol. The van der Waals surface area contributed by atoms with E-state index in [9.17, 15) is 9.59 Å². The normalized spacial score (nSPS) is 20.9. The fourth-order valence-electron chi connectivity index (χ4n) is 5.87. The van der Waals surface area contributed by atoms with Gasteiger partial charge < -0.3 is 35.8 Å². The van der Waals surface area contributed by atoms with Gasteiger partial charge in [-0.2, -0.15) is 0 Å². The fraction of sp³-hybridized carbons (Fsp3) is 0.600. The molecule has 12 heteroatoms. The van der Waals surface area contributed by atoms with Crippen molar-refractivity contribution in [3.8, 4) is 0 Å². The Labute approximate surface area is 248 Å². The Bertz CT molecular complexity index is 1230. The molecule has 0 aliphatic carbocycles. The number of piperazine rings is 1. The molecule has 2 aromatic rings. The van der Waals surface area contributed by atoms with E-state index in [1.165, 1.54) is 37.8 Å². The van der Waals surface area contributed by atoms with Crippen molar-refractivity contribution in [2.45, 2.75) is 57.7 Å². The number of nitrogens with zero attached hydrogens (tertiary/aromatic N) is 6. The minimum absolute atomic E-state index is 0.0617. The van der Waals surface area contributed by atoms with Gasteiger partial charge in [-0.25, -0.2) is 14.8 Å². The second-order valence-corrected chi connectivity index (χ2v) is 12.6. The molecular formula is C30H45N9O3. The summed E-state index contributed by atoms with van der Waals surface area (Å²) in [6, 6.07) is 8.91. The highest BCUT2D eigenvalue weighted by Crippen LogP contribution is 2.27. The number of likely N-dealkylation sites (N-methyl/N-ethyl adjacent to an activating group) is 1. The number of nitrogens with two attached hydrogens (primary N) is 1. The van der Waals surface area contributed by atoms with E-state index < -0.39 is 11.5 Å². The lowest BCUT2D eigenvalue weighted by Gasteiger charge is -2.42. The highest BCUT2D eigenvalue weighted by Gasteiger charge is 2.31. The number of likely N-dealkylation sites (tertiary alicyclic amines) is 1. The van der Waals surface area contributed by atoms with Crippen molar-refractivity contribution in [2.24, 2.45) is 5.73 Å². The Balaban J connectivity index is 1.17. The lowest BCUT2D eigenvalue weighted by atomic mass is 10.0. The van der Waals surface area contributed by atoms with Crippen molar-refractivity contribution in [1.82, 2.24) is 24.7 Å². The second kappa shape index (κ2) is 12.7. The van der Waals surface area contributed by atoms with Gasteiger partial charge in [0, 0.05) is 75.8 Å². The summed E-state index contributed by atoms with van der Waals surface area (Å²) in [4.78, 5) is 42.6. The van der Waals surface area contributed by atoms with Crippen LogP contribution in [0.5, 0.6) is 0 Å². The second-order valence-electron chi connectivity index (χ2n) is 12.6. The maximum atomic E-state index is 12.5. The predicted octanol–water partition coefficient (Wildman–Crippen LogP) is 2.96. The molecule has 0 radical (unpaired) electrons. The number of rotatable bonds is 7. The third kappa shape index (κ3) is 7.60. The molecule has 1 atom stereocenters. The number of ether oxygens (including phenoxy) is 1. The van der Waals surface area contributed by atoms with E-state index in [1.807, 2.05) is 32.9 Å². The van der Waals surface area contributed by atoms with Crippen LogP contribution < -0.4 is 21.3 Å². The van der Waals surface area contributed by atoms with Gasteiger partial charge in [-0.1, -0.05) is 0 Å². The number of nitrogens with one attached hydrogen (secondary N) is 2. The van der Waals surface area contributed by atoms with Gasteiger partial charge in [-0.05, 0) is 71.3 Å². The molecule has 0 saturated carbocycles. The lowest BCUT2D eigenvalue weighted by molar-refractivity contribution is 0.0293. The first kappa shape index (κ1) is 29.8. The van der Waals surface area contributed by atoms with E-state index in [1.54, 1.807) is 4.90 Å². The number of benzene rings is 1. The molecule has 3 fully saturated rings. The standard InChI is InChI=1S/C30H45N9O3/c1-30(2,3)42-29(41)39-12-9-22(20-39)34-28-26(27(31)40)32-19-25(35-28)33-21-5-7-23(8-6-21)37-13-10-24(11-14-37)38-17-15-36(4)16-18-38/h5-8,19,22,24H,9-18,20H2,1-4H3,(H2,31,40)(H2,33,34,35)/t22-/m1/s1. The molecule has 3 aliphatic heterocycles. The highest BCUT2D eigenvalue weighted by atomic mass is 16.6. The first-order valence-corrected chi connectivity index (χ1v) is 15.0. The number of carbonyl (C=O) groups is 2. The number of hydrogen-bond acceptors (Lipinski definition) is 10. The zero-order chi connectivity index (χ0) is 29.9. The molecule has 0 spiro atoms. The van der Waals surface area contributed by atoms with Crippen molar-refractivity contribution in [3.05, 3.63) is 36.2 Å². The van der Waals surface area contributed by atoms with E-state index >= 15 is 0 Å². The molecular weight excluding hydrogens is 534 g/mol. The summed E-state index contributed by atoms with van der Waals surface area (Å²) in [5.74, 6) is 0.118. The quantitative estimate of drug-likeness (QED) is 0.450. The molecule has 3 saturated heterocycles. The van der Waals surface area contributed by atoms with Crippen LogP contribution in [0.2, 0.25) is 0 Å². The first-order chi connectivity index (χ1) is 20.0. The topological polar surface area (TPSA) is 132 Å². The number of piperidine rings is 1. The highest BCUT2D eigenvalue weighted by molar-refractivity contribution is 5.95. The van der Waals surface area contributed by atoms with Gasteiger partial charge in [0.2, 0.25) is 0 Å². The summed E-state index contributed by atoms with van der Waals surface area (Å²) >= 11 is 0. The molecule has 5 rings (SSSR count). The van der Waals surface area contributed by atoms with E-state index in [0.29, 0.717) is 37.2 Å². The van der Waals surface area contributed by atoms with Crippen LogP contribution in [0.3, 0.4) is 0 Å². The summed E-state index contributed by atoms with van der Waals surface area (Å²) < 4.78 is 5.49. The van der Waals surface area contributed by atoms with Gasteiger partial charge in [0.1, 0.15) is 5.60 Å². The van der Waals surface area contributed by atoms with Crippen LogP contribution in [0.4, 0.5) is 27.8 Å². The molecule has 1 aromatic heterocycles. The van der Waals surface area contributed by atoms with Crippen molar-refractivity contribution in [2.75, 3.05) is 74.9 Å². The zero-order valence-electron chi connectivity index (χ0n) is 25.3. The number of anilines is 4. The minimum atomic E-state index is -0.667. The van der Waals surface area contributed by atoms with Gasteiger partial charge in [0.25, 0.3) is 5.91 Å². The van der Waals surface area contributed by atoms with E-state index in [4.69, 9.17) is 10.5 Å². The summed E-state index contributed by atoms with van der Waals surface area (Å²) in [6.45, 7) is 13.3. The lowest BCUT2D eigenvalue weighted by Crippen LogP contribution is -2.52. The summed E-state index contributed by atoms with van der Waals surface area (Å²) in [5, 5.41) is 6.56. The third-order valence-electron chi connectivity index (χ3n) is 8.21. The van der Waals surface area contributed by atoms with E-state index in [0.717, 1.165) is 31.9 Å². The SMILES string of the molecule is CN1CCN(C2CCN(c3ccc(Nc4cnc(C(N)=O)c(N[C@@H]5CCN(C(=O)OC(C)(C)C)C5)n4)cc3)CC2)CC1. The number of carbonyl (C=O) groups excluding carboxylic acids is 2. The Hall–Kier alpha value is -3.64. The Morgan fingerprint density at radius 2 is 1.67 bits per heavy atom. The maximum absolute atomic E-state index is 12.5. The maximum Gasteiger partial charge on any atom is 0.410 e. The van der Waals surface area contributed by atoms with Crippen LogP contribution in [0, 0.1) is 0 Å². The molecule has 0 unspecified atom stereocenters. The molecule has 12 nitrogen and oxygen atoms in total. The zero-order valence-corrected chi connectivity index (χ0v) is 25.3. The van der Waals surface area contributed by atoms with E-state index in [2.05, 4.69) is 54.5 Å².